The van der Waals surface area contributed by atoms with E-state index in [1.54, 1.807) is 0 Å². The van der Waals surface area contributed by atoms with Gasteiger partial charge in [0, 0.05) is 12.6 Å². The van der Waals surface area contributed by atoms with Crippen LogP contribution in [-0.2, 0) is 14.8 Å². The van der Waals surface area contributed by atoms with Gasteiger partial charge in [-0.25, -0.2) is 8.42 Å². The van der Waals surface area contributed by atoms with E-state index in [4.69, 9.17) is 5.11 Å². The van der Waals surface area contributed by atoms with Gasteiger partial charge in [0.05, 0.1) is 11.7 Å². The summed E-state index contributed by atoms with van der Waals surface area (Å²) < 4.78 is 24.7. The highest BCUT2D eigenvalue weighted by Gasteiger charge is 2.40. The van der Waals surface area contributed by atoms with Crippen LogP contribution in [0.5, 0.6) is 0 Å². The molecular weight excluding hydrogens is 218 g/mol. The van der Waals surface area contributed by atoms with Gasteiger partial charge in [0.2, 0.25) is 10.0 Å². The Balaban J connectivity index is 2.05. The highest BCUT2D eigenvalue weighted by Crippen LogP contribution is 2.33. The molecule has 1 saturated heterocycles. The third-order valence-corrected chi connectivity index (χ3v) is 5.30. The molecule has 1 aliphatic carbocycles. The molecule has 2 aliphatic rings. The number of aliphatic carboxylic acids is 1. The summed E-state index contributed by atoms with van der Waals surface area (Å²) >= 11 is 0. The summed E-state index contributed by atoms with van der Waals surface area (Å²) in [7, 11) is -3.08. The number of hydrogen-bond acceptors (Lipinski definition) is 3. The summed E-state index contributed by atoms with van der Waals surface area (Å²) in [5, 5.41) is 8.84. The molecule has 1 saturated carbocycles. The van der Waals surface area contributed by atoms with Crippen LogP contribution in [0.4, 0.5) is 0 Å². The molecule has 0 radical (unpaired) electrons. The molecule has 6 heteroatoms. The van der Waals surface area contributed by atoms with E-state index >= 15 is 0 Å². The monoisotopic (exact) mass is 233 g/mol. The number of sulfonamides is 1. The van der Waals surface area contributed by atoms with E-state index in [1.165, 1.54) is 4.31 Å². The molecule has 0 aromatic rings. The molecule has 0 amide bonds. The maximum absolute atomic E-state index is 11.6. The fourth-order valence-corrected chi connectivity index (χ4v) is 4.29. The quantitative estimate of drug-likeness (QED) is 0.743. The Morgan fingerprint density at radius 3 is 2.53 bits per heavy atom. The zero-order chi connectivity index (χ0) is 11.1. The van der Waals surface area contributed by atoms with Gasteiger partial charge in [-0.15, -0.1) is 0 Å². The van der Waals surface area contributed by atoms with Crippen LogP contribution in [-0.4, -0.2) is 42.1 Å². The van der Waals surface area contributed by atoms with Crippen molar-refractivity contribution in [1.29, 1.82) is 0 Å². The summed E-state index contributed by atoms with van der Waals surface area (Å²) in [4.78, 5) is 10.8. The third kappa shape index (κ3) is 2.01. The highest BCUT2D eigenvalue weighted by molar-refractivity contribution is 7.89. The lowest BCUT2D eigenvalue weighted by Crippen LogP contribution is -2.35. The van der Waals surface area contributed by atoms with Crippen molar-refractivity contribution < 1.29 is 18.3 Å². The van der Waals surface area contributed by atoms with Gasteiger partial charge in [-0.05, 0) is 25.7 Å². The minimum absolute atomic E-state index is 0.0707. The number of carboxylic acid groups (broad SMARTS) is 1. The lowest BCUT2D eigenvalue weighted by molar-refractivity contribution is -0.141. The molecule has 0 aromatic carbocycles. The van der Waals surface area contributed by atoms with Crippen LogP contribution in [0.3, 0.4) is 0 Å². The second kappa shape index (κ2) is 3.75. The average Bonchev–Trinajstić information content (AvgIpc) is 2.69. The SMILES string of the molecule is O=C(O)C1CCC(N2CCCS2(=O)=O)C1. The van der Waals surface area contributed by atoms with E-state index in [-0.39, 0.29) is 17.7 Å². The van der Waals surface area contributed by atoms with Gasteiger partial charge in [0.15, 0.2) is 0 Å². The molecule has 2 rings (SSSR count). The molecule has 1 heterocycles. The first-order valence-electron chi connectivity index (χ1n) is 5.23. The minimum atomic E-state index is -3.08. The van der Waals surface area contributed by atoms with Crippen molar-refractivity contribution in [2.24, 2.45) is 5.92 Å². The Bertz CT molecular complexity index is 364. The Kier molecular flexibility index (Phi) is 2.72. The molecular formula is C9H15NO4S. The Morgan fingerprint density at radius 2 is 2.07 bits per heavy atom. The van der Waals surface area contributed by atoms with E-state index in [0.29, 0.717) is 32.2 Å². The van der Waals surface area contributed by atoms with E-state index in [1.807, 2.05) is 0 Å². The van der Waals surface area contributed by atoms with Crippen molar-refractivity contribution in [1.82, 2.24) is 4.31 Å². The van der Waals surface area contributed by atoms with Crippen molar-refractivity contribution in [2.75, 3.05) is 12.3 Å². The molecule has 2 atom stereocenters. The topological polar surface area (TPSA) is 74.7 Å². The Labute approximate surface area is 89.1 Å². The smallest absolute Gasteiger partial charge is 0.306 e. The van der Waals surface area contributed by atoms with E-state index in [2.05, 4.69) is 0 Å². The number of carbonyl (C=O) groups is 1. The maximum Gasteiger partial charge on any atom is 0.306 e. The zero-order valence-electron chi connectivity index (χ0n) is 8.42. The van der Waals surface area contributed by atoms with Gasteiger partial charge in [-0.2, -0.15) is 4.31 Å². The van der Waals surface area contributed by atoms with Gasteiger partial charge in [-0.1, -0.05) is 0 Å². The van der Waals surface area contributed by atoms with Gasteiger partial charge in [0.25, 0.3) is 0 Å². The lowest BCUT2D eigenvalue weighted by atomic mass is 10.1. The predicted octanol–water partition coefficient (Wildman–Crippen LogP) is 0.275. The van der Waals surface area contributed by atoms with Crippen LogP contribution < -0.4 is 0 Å². The normalized spacial score (nSPS) is 35.7. The van der Waals surface area contributed by atoms with Crippen molar-refractivity contribution in [3.63, 3.8) is 0 Å². The minimum Gasteiger partial charge on any atom is -0.481 e. The fourth-order valence-electron chi connectivity index (χ4n) is 2.51. The molecule has 1 N–H and O–H groups in total. The summed E-state index contributed by atoms with van der Waals surface area (Å²) in [5.74, 6) is -0.929. The Hall–Kier alpha value is -0.620. The van der Waals surface area contributed by atoms with Gasteiger partial charge in [0.1, 0.15) is 0 Å². The standard InChI is InChI=1S/C9H15NO4S/c11-9(12)7-2-3-8(6-7)10-4-1-5-15(10,13)14/h7-8H,1-6H2,(H,11,12). The van der Waals surface area contributed by atoms with Gasteiger partial charge in [-0.3, -0.25) is 4.79 Å². The van der Waals surface area contributed by atoms with E-state index in [9.17, 15) is 13.2 Å². The summed E-state index contributed by atoms with van der Waals surface area (Å²) in [6.45, 7) is 0.569. The number of nitrogens with zero attached hydrogens (tertiary/aromatic N) is 1. The second-order valence-corrected chi connectivity index (χ2v) is 6.32. The van der Waals surface area contributed by atoms with Crippen LogP contribution in [0.25, 0.3) is 0 Å². The first-order valence-corrected chi connectivity index (χ1v) is 6.84. The molecule has 15 heavy (non-hydrogen) atoms. The fraction of sp³-hybridized carbons (Fsp3) is 0.889. The molecule has 0 aromatic heterocycles. The maximum atomic E-state index is 11.6. The first-order chi connectivity index (χ1) is 7.00. The van der Waals surface area contributed by atoms with E-state index in [0.717, 1.165) is 0 Å². The molecule has 1 aliphatic heterocycles. The van der Waals surface area contributed by atoms with Gasteiger partial charge < -0.3 is 5.11 Å². The molecule has 2 fully saturated rings. The van der Waals surface area contributed by atoms with Crippen LogP contribution in [0, 0.1) is 5.92 Å². The number of hydrogen-bond donors (Lipinski definition) is 1. The summed E-state index contributed by atoms with van der Waals surface area (Å²) in [6.07, 6.45) is 2.45. The molecule has 2 unspecified atom stereocenters. The van der Waals surface area contributed by atoms with E-state index < -0.39 is 16.0 Å². The van der Waals surface area contributed by atoms with Crippen LogP contribution in [0.2, 0.25) is 0 Å². The van der Waals surface area contributed by atoms with Crippen LogP contribution >= 0.6 is 0 Å². The Morgan fingerprint density at radius 1 is 1.33 bits per heavy atom. The van der Waals surface area contributed by atoms with Crippen molar-refractivity contribution >= 4 is 16.0 Å². The predicted molar refractivity (Wildman–Crippen MR) is 53.9 cm³/mol. The van der Waals surface area contributed by atoms with Crippen LogP contribution in [0.1, 0.15) is 25.7 Å². The number of rotatable bonds is 2. The average molecular weight is 233 g/mol. The summed E-state index contributed by atoms with van der Waals surface area (Å²) in [6, 6.07) is -0.0707. The molecule has 0 spiro atoms. The first kappa shape index (κ1) is 10.9. The van der Waals surface area contributed by atoms with Crippen molar-refractivity contribution in [3.05, 3.63) is 0 Å². The highest BCUT2D eigenvalue weighted by atomic mass is 32.2. The second-order valence-electron chi connectivity index (χ2n) is 4.28. The molecule has 0 bridgehead atoms. The third-order valence-electron chi connectivity index (χ3n) is 3.30. The molecule has 86 valence electrons. The summed E-state index contributed by atoms with van der Waals surface area (Å²) in [5.41, 5.74) is 0. The molecule has 5 nitrogen and oxygen atoms in total. The van der Waals surface area contributed by atoms with Crippen LogP contribution in [0.15, 0.2) is 0 Å². The lowest BCUT2D eigenvalue weighted by Gasteiger charge is -2.21. The number of carboxylic acids is 1. The van der Waals surface area contributed by atoms with Gasteiger partial charge >= 0.3 is 5.97 Å². The largest absolute Gasteiger partial charge is 0.481 e. The zero-order valence-corrected chi connectivity index (χ0v) is 9.24. The van der Waals surface area contributed by atoms with Crippen molar-refractivity contribution in [2.45, 2.75) is 31.7 Å². The van der Waals surface area contributed by atoms with Crippen molar-refractivity contribution in [3.8, 4) is 0 Å².